The van der Waals surface area contributed by atoms with Gasteiger partial charge in [-0.05, 0) is 43.9 Å². The Morgan fingerprint density at radius 1 is 0.709 bits per heavy atom. The van der Waals surface area contributed by atoms with E-state index in [1.165, 1.54) is 70.6 Å². The Morgan fingerprint density at radius 2 is 1.18 bits per heavy atom. The molecule has 0 radical (unpaired) electrons. The molecule has 0 aromatic carbocycles. The van der Waals surface area contributed by atoms with Crippen molar-refractivity contribution in [3.05, 3.63) is 0 Å². The molecule has 2 bridgehead atoms. The molecular weight excluding hydrogens is 715 g/mol. The highest BCUT2D eigenvalue weighted by Crippen LogP contribution is 2.71. The van der Waals surface area contributed by atoms with Crippen LogP contribution in [0, 0.1) is 5.41 Å². The summed E-state index contributed by atoms with van der Waals surface area (Å²) in [6.07, 6.45) is 16.5. The number of hydrogen-bond acceptors (Lipinski definition) is 9. The molecule has 55 heavy (non-hydrogen) atoms. The topological polar surface area (TPSA) is 152 Å². The van der Waals surface area contributed by atoms with Crippen molar-refractivity contribution in [3.63, 3.8) is 0 Å². The molecule has 4 fully saturated rings. The van der Waals surface area contributed by atoms with Gasteiger partial charge < -0.3 is 45.4 Å². The average Bonchev–Trinajstić information content (AvgIpc) is 3.12. The van der Waals surface area contributed by atoms with Gasteiger partial charge in [-0.2, -0.15) is 0 Å². The van der Waals surface area contributed by atoms with Crippen LogP contribution in [0.1, 0.15) is 187 Å². The molecule has 1 heterocycles. The molecule has 3 aliphatic carbocycles. The van der Waals surface area contributed by atoms with Crippen molar-refractivity contribution in [2.45, 2.75) is 254 Å². The quantitative estimate of drug-likeness (QED) is 0.0324. The van der Waals surface area contributed by atoms with Crippen LogP contribution in [0.3, 0.4) is 0 Å². The molecule has 7 N–H and O–H groups in total. The molecule has 0 amide bonds. The first-order valence-electron chi connectivity index (χ1n) is 22.4. The van der Waals surface area contributed by atoms with Gasteiger partial charge in [0, 0.05) is 6.92 Å². The van der Waals surface area contributed by atoms with Crippen LogP contribution >= 0.6 is 0 Å². The van der Waals surface area contributed by atoms with Crippen LogP contribution in [0.4, 0.5) is 13.2 Å². The molecule has 326 valence electrons. The maximum absolute atomic E-state index is 15.0. The number of ether oxygens (including phenoxy) is 2. The minimum atomic E-state index is -3.15. The first-order valence-corrected chi connectivity index (χ1v) is 22.4. The molecular formula is C43H80F3NO8. The third kappa shape index (κ3) is 16.9. The fourth-order valence-electron chi connectivity index (χ4n) is 9.24. The molecule has 5 unspecified atom stereocenters. The molecule has 1 saturated heterocycles. The smallest absolute Gasteiger partial charge is 0.260 e. The number of nitrogens with one attached hydrogen (secondary N) is 1. The molecule has 0 aromatic rings. The van der Waals surface area contributed by atoms with E-state index in [1.807, 2.05) is 0 Å². The van der Waals surface area contributed by atoms with E-state index >= 15 is 8.78 Å². The van der Waals surface area contributed by atoms with Crippen LogP contribution < -0.4 is 5.32 Å². The van der Waals surface area contributed by atoms with Crippen molar-refractivity contribution >= 4 is 0 Å². The lowest BCUT2D eigenvalue weighted by molar-refractivity contribution is -0.303. The maximum atomic E-state index is 15.0. The zero-order valence-corrected chi connectivity index (χ0v) is 34.3. The van der Waals surface area contributed by atoms with Crippen LogP contribution in [0.2, 0.25) is 0 Å². The Bertz CT molecular complexity index is 986. The molecule has 0 aromatic heterocycles. The minimum absolute atomic E-state index is 0.142. The van der Waals surface area contributed by atoms with E-state index in [4.69, 9.17) is 9.47 Å². The van der Waals surface area contributed by atoms with Gasteiger partial charge in [-0.15, -0.1) is 0 Å². The lowest BCUT2D eigenvalue weighted by atomic mass is 9.41. The number of unbranched alkanes of at least 4 members (excludes halogenated alkanes) is 19. The van der Waals surface area contributed by atoms with Crippen molar-refractivity contribution in [1.29, 1.82) is 0 Å². The summed E-state index contributed by atoms with van der Waals surface area (Å²) >= 11 is 0. The zero-order valence-electron chi connectivity index (χ0n) is 34.3. The summed E-state index contributed by atoms with van der Waals surface area (Å²) in [4.78, 5) is 0. The van der Waals surface area contributed by atoms with Gasteiger partial charge in [0.2, 0.25) is 0 Å². The van der Waals surface area contributed by atoms with Gasteiger partial charge in [-0.3, -0.25) is 0 Å². The zero-order chi connectivity index (χ0) is 40.3. The first-order chi connectivity index (χ1) is 26.2. The summed E-state index contributed by atoms with van der Waals surface area (Å²) in [5, 5.41) is 65.5. The molecule has 3 saturated carbocycles. The normalized spacial score (nSPS) is 30.1. The van der Waals surface area contributed by atoms with Crippen molar-refractivity contribution < 1.29 is 53.3 Å². The third-order valence-corrected chi connectivity index (χ3v) is 12.8. The highest BCUT2D eigenvalue weighted by atomic mass is 19.3. The van der Waals surface area contributed by atoms with E-state index in [1.54, 1.807) is 0 Å². The van der Waals surface area contributed by atoms with Crippen LogP contribution in [-0.4, -0.2) is 110 Å². The number of aliphatic hydroxyl groups excluding tert-OH is 6. The standard InChI is InChI=1S/C43H80F3NO8/c1-3-4-5-6-7-8-9-10-12-15-18-21-24-33(49)36(50)32(28-54-40-39(53)38(52)37(51)34(27-48)55-40)47-35(41(2,44)45)25-22-19-16-13-11-14-17-20-23-26-42-29-43(46,30-42)31-42/h32-40,47-53H,3-31H2,1-2H3/t32-,33+,34?,35-,36-,37?,38?,39?,40?,42?,43?/m0/s1. The number of alkyl halides is 3. The van der Waals surface area contributed by atoms with E-state index in [0.29, 0.717) is 18.3 Å². The summed E-state index contributed by atoms with van der Waals surface area (Å²) in [7, 11) is 0. The van der Waals surface area contributed by atoms with Gasteiger partial charge in [-0.25, -0.2) is 13.2 Å². The number of halogens is 3. The van der Waals surface area contributed by atoms with Gasteiger partial charge >= 0.3 is 0 Å². The number of rotatable bonds is 34. The SMILES string of the molecule is CCCCCCCCCCCCCC[C@@H](O)[C@@H](O)[C@H](COC1OC(CO)C(O)C(O)C1O)N[C@@H](CCCCCCCCCCCC12CC(F)(C1)C2)C(C)(F)F. The Kier molecular flexibility index (Phi) is 22.3. The predicted octanol–water partition coefficient (Wildman–Crippen LogP) is 7.78. The number of aliphatic hydroxyl groups is 6. The Hall–Kier alpha value is -0.570. The van der Waals surface area contributed by atoms with E-state index in [0.717, 1.165) is 84.0 Å². The summed E-state index contributed by atoms with van der Waals surface area (Å²) in [6, 6.07) is -2.49. The van der Waals surface area contributed by atoms with Crippen molar-refractivity contribution in [2.75, 3.05) is 13.2 Å². The molecule has 9 nitrogen and oxygen atoms in total. The van der Waals surface area contributed by atoms with Crippen LogP contribution in [-0.2, 0) is 9.47 Å². The van der Waals surface area contributed by atoms with Crippen molar-refractivity contribution in [1.82, 2.24) is 5.32 Å². The number of hydrogen-bond donors (Lipinski definition) is 7. The summed E-state index contributed by atoms with van der Waals surface area (Å²) in [6.45, 7) is 1.96. The van der Waals surface area contributed by atoms with Gasteiger partial charge in [0.1, 0.15) is 30.1 Å². The third-order valence-electron chi connectivity index (χ3n) is 12.8. The molecule has 12 heteroatoms. The summed E-state index contributed by atoms with van der Waals surface area (Å²) in [5.74, 6) is -3.15. The Morgan fingerprint density at radius 3 is 1.65 bits per heavy atom. The second-order valence-corrected chi connectivity index (χ2v) is 18.0. The van der Waals surface area contributed by atoms with E-state index < -0.39 is 79.8 Å². The Labute approximate surface area is 330 Å². The van der Waals surface area contributed by atoms with Gasteiger partial charge in [0.15, 0.2) is 6.29 Å². The van der Waals surface area contributed by atoms with Crippen molar-refractivity contribution in [2.24, 2.45) is 5.41 Å². The maximum Gasteiger partial charge on any atom is 0.260 e. The average molecular weight is 796 g/mol. The molecule has 9 atom stereocenters. The second-order valence-electron chi connectivity index (χ2n) is 18.0. The lowest BCUT2D eigenvalue weighted by Crippen LogP contribution is -2.64. The van der Waals surface area contributed by atoms with Crippen LogP contribution in [0.25, 0.3) is 0 Å². The Balaban J connectivity index is 1.41. The minimum Gasteiger partial charge on any atom is -0.394 e. The van der Waals surface area contributed by atoms with E-state index in [2.05, 4.69) is 12.2 Å². The lowest BCUT2D eigenvalue weighted by Gasteiger charge is -2.66. The van der Waals surface area contributed by atoms with Crippen LogP contribution in [0.5, 0.6) is 0 Å². The van der Waals surface area contributed by atoms with Gasteiger partial charge in [0.25, 0.3) is 5.92 Å². The van der Waals surface area contributed by atoms with Gasteiger partial charge in [0.05, 0.1) is 37.5 Å². The highest BCUT2D eigenvalue weighted by molar-refractivity contribution is 5.18. The second kappa shape index (κ2) is 25.1. The van der Waals surface area contributed by atoms with Crippen molar-refractivity contribution in [3.8, 4) is 0 Å². The highest BCUT2D eigenvalue weighted by Gasteiger charge is 2.68. The summed E-state index contributed by atoms with van der Waals surface area (Å²) in [5.41, 5.74) is -0.482. The monoisotopic (exact) mass is 796 g/mol. The molecule has 4 rings (SSSR count). The van der Waals surface area contributed by atoms with E-state index in [9.17, 15) is 35.0 Å². The summed E-state index contributed by atoms with van der Waals surface area (Å²) < 4.78 is 54.9. The van der Waals surface area contributed by atoms with Crippen LogP contribution in [0.15, 0.2) is 0 Å². The predicted molar refractivity (Wildman–Crippen MR) is 210 cm³/mol. The first kappa shape index (κ1) is 48.8. The molecule has 0 spiro atoms. The fraction of sp³-hybridized carbons (Fsp3) is 1.00. The van der Waals surface area contributed by atoms with E-state index in [-0.39, 0.29) is 12.8 Å². The molecule has 4 aliphatic rings. The molecule has 1 aliphatic heterocycles. The van der Waals surface area contributed by atoms with Gasteiger partial charge in [-0.1, -0.05) is 142 Å². The largest absolute Gasteiger partial charge is 0.394 e. The fourth-order valence-corrected chi connectivity index (χ4v) is 9.24.